The van der Waals surface area contributed by atoms with Crippen LogP contribution in [0.25, 0.3) is 11.1 Å². The third-order valence-electron chi connectivity index (χ3n) is 12.0. The SMILES string of the molecule is CC(=O)Oc1ccc(CCC[P+](c2ccccc2)(c2ccccc2)c2ccccc2)cc1-c1cc(CCC[P+](c2ccccc2)(c2ccccc2)c2ccccc2)ccc1C. The Bertz CT molecular complexity index is 2440. The van der Waals surface area contributed by atoms with E-state index in [0.29, 0.717) is 5.75 Å². The van der Waals surface area contributed by atoms with E-state index in [1.807, 2.05) is 6.07 Å². The van der Waals surface area contributed by atoms with Crippen LogP contribution in [0.4, 0.5) is 0 Å². The van der Waals surface area contributed by atoms with Crippen molar-refractivity contribution in [2.45, 2.75) is 39.5 Å². The average Bonchev–Trinajstić information content (AvgIpc) is 3.32. The molecule has 61 heavy (non-hydrogen) atoms. The third kappa shape index (κ3) is 9.23. The van der Waals surface area contributed by atoms with Gasteiger partial charge in [-0.3, -0.25) is 4.79 Å². The van der Waals surface area contributed by atoms with Gasteiger partial charge in [-0.2, -0.15) is 0 Å². The van der Waals surface area contributed by atoms with Crippen LogP contribution in [0.3, 0.4) is 0 Å². The number of hydrogen-bond donors (Lipinski definition) is 0. The molecule has 8 aromatic rings. The molecular formula is C57H54O2P2+2. The Morgan fingerprint density at radius 1 is 0.410 bits per heavy atom. The van der Waals surface area contributed by atoms with Gasteiger partial charge < -0.3 is 4.74 Å². The van der Waals surface area contributed by atoms with Gasteiger partial charge in [-0.15, -0.1) is 0 Å². The van der Waals surface area contributed by atoms with E-state index in [-0.39, 0.29) is 5.97 Å². The van der Waals surface area contributed by atoms with E-state index in [1.54, 1.807) is 0 Å². The molecule has 0 fully saturated rings. The van der Waals surface area contributed by atoms with Gasteiger partial charge in [0.05, 0.1) is 12.3 Å². The monoisotopic (exact) mass is 832 g/mol. The first-order chi connectivity index (χ1) is 30.0. The van der Waals surface area contributed by atoms with E-state index in [4.69, 9.17) is 4.74 Å². The largest absolute Gasteiger partial charge is 0.426 e. The molecule has 0 heterocycles. The second-order valence-electron chi connectivity index (χ2n) is 15.9. The lowest BCUT2D eigenvalue weighted by molar-refractivity contribution is -0.131. The minimum absolute atomic E-state index is 0.311. The summed E-state index contributed by atoms with van der Waals surface area (Å²) in [7, 11) is -3.89. The molecule has 0 radical (unpaired) electrons. The third-order valence-corrected chi connectivity index (χ3v) is 21.0. The Balaban J connectivity index is 1.09. The molecular weight excluding hydrogens is 779 g/mol. The van der Waals surface area contributed by atoms with Gasteiger partial charge in [-0.25, -0.2) is 0 Å². The molecule has 0 aliphatic carbocycles. The number of aryl methyl sites for hydroxylation is 3. The molecule has 2 nitrogen and oxygen atoms in total. The number of esters is 1. The van der Waals surface area contributed by atoms with Crippen molar-refractivity contribution in [1.82, 2.24) is 0 Å². The predicted molar refractivity (Wildman–Crippen MR) is 265 cm³/mol. The van der Waals surface area contributed by atoms with E-state index in [2.05, 4.69) is 219 Å². The predicted octanol–water partition coefficient (Wildman–Crippen LogP) is 11.4. The molecule has 0 aliphatic rings. The number of rotatable bonds is 16. The lowest BCUT2D eigenvalue weighted by atomic mass is 9.94. The Labute approximate surface area is 364 Å². The average molecular weight is 833 g/mol. The Hall–Kier alpha value is -5.91. The first-order valence-electron chi connectivity index (χ1n) is 21.5. The molecule has 0 aliphatic heterocycles. The molecule has 0 aromatic heterocycles. The van der Waals surface area contributed by atoms with Gasteiger partial charge in [0.15, 0.2) is 0 Å². The van der Waals surface area contributed by atoms with Crippen molar-refractivity contribution < 1.29 is 9.53 Å². The molecule has 0 atom stereocenters. The zero-order chi connectivity index (χ0) is 41.9. The van der Waals surface area contributed by atoms with Crippen LogP contribution < -0.4 is 36.6 Å². The highest BCUT2D eigenvalue weighted by Crippen LogP contribution is 2.57. The molecule has 8 rings (SSSR count). The van der Waals surface area contributed by atoms with Gasteiger partial charge in [0.1, 0.15) is 52.1 Å². The van der Waals surface area contributed by atoms with Gasteiger partial charge in [0, 0.05) is 12.5 Å². The van der Waals surface area contributed by atoms with Gasteiger partial charge in [0.25, 0.3) is 0 Å². The van der Waals surface area contributed by atoms with Crippen LogP contribution in [-0.2, 0) is 17.6 Å². The molecule has 0 N–H and O–H groups in total. The van der Waals surface area contributed by atoms with Crippen molar-refractivity contribution in [1.29, 1.82) is 0 Å². The molecule has 0 bridgehead atoms. The summed E-state index contributed by atoms with van der Waals surface area (Å²) in [5.74, 6) is 0.299. The summed E-state index contributed by atoms with van der Waals surface area (Å²) in [6, 6.07) is 80.1. The Kier molecular flexibility index (Phi) is 13.5. The topological polar surface area (TPSA) is 26.3 Å². The minimum atomic E-state index is -1.95. The van der Waals surface area contributed by atoms with Crippen LogP contribution in [-0.4, -0.2) is 18.3 Å². The van der Waals surface area contributed by atoms with Crippen molar-refractivity contribution in [3.8, 4) is 16.9 Å². The second-order valence-corrected chi connectivity index (χ2v) is 23.1. The number of carbonyl (C=O) groups is 1. The highest BCUT2D eigenvalue weighted by molar-refractivity contribution is 7.96. The van der Waals surface area contributed by atoms with E-state index in [9.17, 15) is 4.79 Å². The van der Waals surface area contributed by atoms with Crippen molar-refractivity contribution in [2.75, 3.05) is 12.3 Å². The molecule has 4 heteroatoms. The van der Waals surface area contributed by atoms with E-state index >= 15 is 0 Å². The van der Waals surface area contributed by atoms with Gasteiger partial charge in [-0.05, 0) is 140 Å². The fraction of sp³-hybridized carbons (Fsp3) is 0.140. The van der Waals surface area contributed by atoms with Gasteiger partial charge in [0.2, 0.25) is 0 Å². The van der Waals surface area contributed by atoms with E-state index in [1.165, 1.54) is 49.9 Å². The van der Waals surface area contributed by atoms with Crippen molar-refractivity contribution in [2.24, 2.45) is 0 Å². The smallest absolute Gasteiger partial charge is 0.308 e. The van der Waals surface area contributed by atoms with Crippen LogP contribution in [0.5, 0.6) is 5.75 Å². The molecule has 302 valence electrons. The molecule has 0 saturated heterocycles. The Morgan fingerprint density at radius 3 is 1.05 bits per heavy atom. The molecule has 8 aromatic carbocycles. The summed E-state index contributed by atoms with van der Waals surface area (Å²) in [6.07, 6.45) is 5.98. The second kappa shape index (κ2) is 19.6. The minimum Gasteiger partial charge on any atom is -0.426 e. The maximum Gasteiger partial charge on any atom is 0.308 e. The maximum atomic E-state index is 12.5. The summed E-state index contributed by atoms with van der Waals surface area (Å²) in [6.45, 7) is 3.65. The van der Waals surface area contributed by atoms with Gasteiger partial charge >= 0.3 is 5.97 Å². The van der Waals surface area contributed by atoms with Crippen molar-refractivity contribution in [3.05, 3.63) is 235 Å². The summed E-state index contributed by atoms with van der Waals surface area (Å²) in [5, 5.41) is 8.45. The van der Waals surface area contributed by atoms with Crippen LogP contribution in [0.1, 0.15) is 36.5 Å². The first kappa shape index (κ1) is 41.8. The molecule has 0 amide bonds. The summed E-state index contributed by atoms with van der Waals surface area (Å²) in [4.78, 5) is 12.5. The highest BCUT2D eigenvalue weighted by Gasteiger charge is 2.45. The Morgan fingerprint density at radius 2 is 0.721 bits per heavy atom. The fourth-order valence-electron chi connectivity index (χ4n) is 9.11. The van der Waals surface area contributed by atoms with E-state index in [0.717, 1.165) is 54.7 Å². The van der Waals surface area contributed by atoms with Crippen molar-refractivity contribution in [3.63, 3.8) is 0 Å². The zero-order valence-corrected chi connectivity index (χ0v) is 37.0. The lowest BCUT2D eigenvalue weighted by Crippen LogP contribution is -2.33. The standard InChI is InChI=1S/C57H54O2P2/c1-45-37-38-47(23-21-41-60(49-25-9-3-10-26-49,50-27-11-4-12-28-50)51-29-13-5-14-30-51)43-55(45)56-44-48(39-40-57(56)59-46(2)58)24-22-42-61(52-31-15-6-16-32-52,53-33-17-7-18-34-53)54-35-19-8-20-36-54/h3-20,25-40,43-44H,21-24,41-42H2,1-2H3/q+2. The fourth-order valence-corrected chi connectivity index (χ4v) is 17.8. The van der Waals surface area contributed by atoms with Crippen molar-refractivity contribution >= 4 is 52.3 Å². The summed E-state index contributed by atoms with van der Waals surface area (Å²) < 4.78 is 5.93. The maximum absolute atomic E-state index is 12.5. The lowest BCUT2D eigenvalue weighted by Gasteiger charge is -2.28. The summed E-state index contributed by atoms with van der Waals surface area (Å²) in [5.41, 5.74) is 5.78. The van der Waals surface area contributed by atoms with E-state index < -0.39 is 14.5 Å². The number of hydrogen-bond acceptors (Lipinski definition) is 2. The van der Waals surface area contributed by atoms with Crippen LogP contribution >= 0.6 is 14.5 Å². The summed E-state index contributed by atoms with van der Waals surface area (Å²) >= 11 is 0. The zero-order valence-electron chi connectivity index (χ0n) is 35.2. The van der Waals surface area contributed by atoms with Gasteiger partial charge in [-0.1, -0.05) is 133 Å². The highest BCUT2D eigenvalue weighted by atomic mass is 31.2. The van der Waals surface area contributed by atoms with Crippen LogP contribution in [0.15, 0.2) is 218 Å². The first-order valence-corrected chi connectivity index (χ1v) is 25.4. The molecule has 0 spiro atoms. The number of benzene rings is 8. The normalized spacial score (nSPS) is 11.6. The van der Waals surface area contributed by atoms with Crippen LogP contribution in [0.2, 0.25) is 0 Å². The number of ether oxygens (including phenoxy) is 1. The quantitative estimate of drug-likeness (QED) is 0.0551. The number of carbonyl (C=O) groups excluding carboxylic acids is 1. The molecule has 0 unspecified atom stereocenters. The molecule has 0 saturated carbocycles. The van der Waals surface area contributed by atoms with Crippen LogP contribution in [0, 0.1) is 6.92 Å².